The molecule has 0 aliphatic carbocycles. The molecular formula is C11H14ClNO. The van der Waals surface area contributed by atoms with Crippen LogP contribution in [0.4, 0.5) is 0 Å². The molecule has 1 atom stereocenters. The number of rotatable bonds is 2. The van der Waals surface area contributed by atoms with Gasteiger partial charge in [0, 0.05) is 18.0 Å². The number of nitrogens with one attached hydrogen (secondary N) is 1. The van der Waals surface area contributed by atoms with E-state index in [1.54, 1.807) is 7.11 Å². The Bertz CT molecular complexity index is 321. The minimum atomic E-state index is 0.545. The van der Waals surface area contributed by atoms with Crippen molar-refractivity contribution < 1.29 is 4.74 Å². The van der Waals surface area contributed by atoms with Crippen molar-refractivity contribution in [1.82, 2.24) is 5.32 Å². The Morgan fingerprint density at radius 1 is 1.50 bits per heavy atom. The van der Waals surface area contributed by atoms with Gasteiger partial charge < -0.3 is 10.1 Å². The zero-order chi connectivity index (χ0) is 9.97. The number of hydrogen-bond donors (Lipinski definition) is 1. The normalized spacial score (nSPS) is 21.1. The average Bonchev–Trinajstić information content (AvgIpc) is 2.70. The summed E-state index contributed by atoms with van der Waals surface area (Å²) in [6, 6.07) is 5.95. The highest BCUT2D eigenvalue weighted by atomic mass is 35.5. The largest absolute Gasteiger partial charge is 0.495 e. The highest BCUT2D eigenvalue weighted by Crippen LogP contribution is 2.35. The van der Waals surface area contributed by atoms with Crippen LogP contribution in [0.3, 0.4) is 0 Å². The Kier molecular flexibility index (Phi) is 2.94. The van der Waals surface area contributed by atoms with Crippen LogP contribution in [0.1, 0.15) is 17.9 Å². The van der Waals surface area contributed by atoms with Crippen molar-refractivity contribution in [2.24, 2.45) is 0 Å². The molecule has 1 saturated heterocycles. The highest BCUT2D eigenvalue weighted by Gasteiger charge is 2.21. The number of halogens is 1. The predicted octanol–water partition coefficient (Wildman–Crippen LogP) is 2.43. The van der Waals surface area contributed by atoms with Gasteiger partial charge in [-0.05, 0) is 19.0 Å². The molecule has 1 aliphatic heterocycles. The van der Waals surface area contributed by atoms with Gasteiger partial charge in [0.05, 0.1) is 12.1 Å². The summed E-state index contributed by atoms with van der Waals surface area (Å²) in [5.41, 5.74) is 1.23. The summed E-state index contributed by atoms with van der Waals surface area (Å²) >= 11 is 6.06. The third-order valence-corrected chi connectivity index (χ3v) is 3.00. The third kappa shape index (κ3) is 1.72. The van der Waals surface area contributed by atoms with E-state index in [2.05, 4.69) is 11.4 Å². The summed E-state index contributed by atoms with van der Waals surface area (Å²) < 4.78 is 5.33. The van der Waals surface area contributed by atoms with Crippen LogP contribution in [0.2, 0.25) is 5.02 Å². The minimum absolute atomic E-state index is 0.545. The molecule has 76 valence electrons. The van der Waals surface area contributed by atoms with E-state index in [1.807, 2.05) is 12.1 Å². The maximum Gasteiger partial charge on any atom is 0.140 e. The van der Waals surface area contributed by atoms with Gasteiger partial charge in [0.15, 0.2) is 0 Å². The molecule has 1 fully saturated rings. The molecule has 0 bridgehead atoms. The van der Waals surface area contributed by atoms with E-state index in [4.69, 9.17) is 16.3 Å². The molecule has 0 spiro atoms. The maximum absolute atomic E-state index is 6.06. The summed E-state index contributed by atoms with van der Waals surface area (Å²) in [5, 5.41) is 4.05. The van der Waals surface area contributed by atoms with Gasteiger partial charge in [-0.2, -0.15) is 0 Å². The van der Waals surface area contributed by atoms with Crippen LogP contribution in [-0.4, -0.2) is 20.2 Å². The van der Waals surface area contributed by atoms with Crippen molar-refractivity contribution >= 4 is 11.6 Å². The van der Waals surface area contributed by atoms with Gasteiger partial charge in [0.25, 0.3) is 0 Å². The van der Waals surface area contributed by atoms with Crippen molar-refractivity contribution in [2.45, 2.75) is 12.3 Å². The molecule has 0 saturated carbocycles. The second-order valence-electron chi connectivity index (χ2n) is 3.55. The molecule has 1 heterocycles. The van der Waals surface area contributed by atoms with E-state index in [9.17, 15) is 0 Å². The Hall–Kier alpha value is -0.730. The van der Waals surface area contributed by atoms with Crippen molar-refractivity contribution in [3.8, 4) is 5.75 Å². The van der Waals surface area contributed by atoms with Crippen molar-refractivity contribution in [1.29, 1.82) is 0 Å². The fourth-order valence-corrected chi connectivity index (χ4v) is 2.24. The first-order chi connectivity index (χ1) is 6.83. The molecule has 0 aromatic heterocycles. The van der Waals surface area contributed by atoms with Gasteiger partial charge in [0.1, 0.15) is 5.75 Å². The number of methoxy groups -OCH3 is 1. The summed E-state index contributed by atoms with van der Waals surface area (Å²) in [4.78, 5) is 0. The highest BCUT2D eigenvalue weighted by molar-refractivity contribution is 6.32. The maximum atomic E-state index is 6.06. The van der Waals surface area contributed by atoms with Gasteiger partial charge in [-0.15, -0.1) is 0 Å². The van der Waals surface area contributed by atoms with Gasteiger partial charge in [-0.25, -0.2) is 0 Å². The molecule has 14 heavy (non-hydrogen) atoms. The number of benzene rings is 1. The van der Waals surface area contributed by atoms with E-state index in [1.165, 1.54) is 5.56 Å². The zero-order valence-corrected chi connectivity index (χ0v) is 8.97. The van der Waals surface area contributed by atoms with Crippen LogP contribution in [-0.2, 0) is 0 Å². The molecule has 1 N–H and O–H groups in total. The lowest BCUT2D eigenvalue weighted by Crippen LogP contribution is -2.08. The van der Waals surface area contributed by atoms with E-state index < -0.39 is 0 Å². The second-order valence-corrected chi connectivity index (χ2v) is 3.96. The van der Waals surface area contributed by atoms with Crippen LogP contribution in [0.15, 0.2) is 18.2 Å². The lowest BCUT2D eigenvalue weighted by Gasteiger charge is -2.14. The average molecular weight is 212 g/mol. The van der Waals surface area contributed by atoms with Crippen LogP contribution in [0, 0.1) is 0 Å². The molecule has 1 aliphatic rings. The molecule has 1 aromatic carbocycles. The fourth-order valence-electron chi connectivity index (χ4n) is 1.98. The second kappa shape index (κ2) is 4.20. The van der Waals surface area contributed by atoms with Crippen molar-refractivity contribution in [3.05, 3.63) is 28.8 Å². The monoisotopic (exact) mass is 211 g/mol. The summed E-state index contributed by atoms with van der Waals surface area (Å²) in [6.45, 7) is 2.11. The number of hydrogen-bond acceptors (Lipinski definition) is 2. The van der Waals surface area contributed by atoms with E-state index in [-0.39, 0.29) is 0 Å². The smallest absolute Gasteiger partial charge is 0.140 e. The van der Waals surface area contributed by atoms with Gasteiger partial charge in [0.2, 0.25) is 0 Å². The topological polar surface area (TPSA) is 21.3 Å². The third-order valence-electron chi connectivity index (χ3n) is 2.70. The standard InChI is InChI=1S/C11H14ClNO/c1-14-11-9(3-2-4-10(11)12)8-5-6-13-7-8/h2-4,8,13H,5-7H2,1H3. The van der Waals surface area contributed by atoms with Crippen LogP contribution in [0.5, 0.6) is 5.75 Å². The van der Waals surface area contributed by atoms with E-state index in [0.717, 1.165) is 25.3 Å². The van der Waals surface area contributed by atoms with Crippen LogP contribution >= 0.6 is 11.6 Å². The Morgan fingerprint density at radius 2 is 2.36 bits per heavy atom. The number of para-hydroxylation sites is 1. The van der Waals surface area contributed by atoms with Crippen LogP contribution < -0.4 is 10.1 Å². The minimum Gasteiger partial charge on any atom is -0.495 e. The van der Waals surface area contributed by atoms with Crippen LogP contribution in [0.25, 0.3) is 0 Å². The Balaban J connectivity index is 2.35. The predicted molar refractivity (Wildman–Crippen MR) is 58.2 cm³/mol. The first-order valence-corrected chi connectivity index (χ1v) is 5.24. The molecule has 0 amide bonds. The molecule has 1 aromatic rings. The first-order valence-electron chi connectivity index (χ1n) is 4.86. The fraction of sp³-hybridized carbons (Fsp3) is 0.455. The quantitative estimate of drug-likeness (QED) is 0.812. The zero-order valence-electron chi connectivity index (χ0n) is 8.22. The van der Waals surface area contributed by atoms with Crippen molar-refractivity contribution in [2.75, 3.05) is 20.2 Å². The molecule has 0 radical (unpaired) electrons. The SMILES string of the molecule is COc1c(Cl)cccc1C1CCNC1. The van der Waals surface area contributed by atoms with Gasteiger partial charge >= 0.3 is 0 Å². The Labute approximate surface area is 89.2 Å². The molecular weight excluding hydrogens is 198 g/mol. The summed E-state index contributed by atoms with van der Waals surface area (Å²) in [7, 11) is 1.67. The summed E-state index contributed by atoms with van der Waals surface area (Å²) in [5.74, 6) is 1.38. The lowest BCUT2D eigenvalue weighted by molar-refractivity contribution is 0.406. The van der Waals surface area contributed by atoms with E-state index in [0.29, 0.717) is 10.9 Å². The van der Waals surface area contributed by atoms with Crippen molar-refractivity contribution in [3.63, 3.8) is 0 Å². The van der Waals surface area contributed by atoms with Gasteiger partial charge in [-0.3, -0.25) is 0 Å². The van der Waals surface area contributed by atoms with E-state index >= 15 is 0 Å². The molecule has 2 nitrogen and oxygen atoms in total. The molecule has 1 unspecified atom stereocenters. The lowest BCUT2D eigenvalue weighted by atomic mass is 9.97. The number of ether oxygens (including phenoxy) is 1. The van der Waals surface area contributed by atoms with Gasteiger partial charge in [-0.1, -0.05) is 23.7 Å². The molecule has 2 rings (SSSR count). The first kappa shape index (κ1) is 9.81. The summed E-state index contributed by atoms with van der Waals surface area (Å²) in [6.07, 6.45) is 1.16. The molecule has 3 heteroatoms. The Morgan fingerprint density at radius 3 is 3.00 bits per heavy atom.